The Morgan fingerprint density at radius 2 is 1.78 bits per heavy atom. The van der Waals surface area contributed by atoms with E-state index in [0.29, 0.717) is 6.42 Å². The highest BCUT2D eigenvalue weighted by molar-refractivity contribution is 5.85. The monoisotopic (exact) mass is 307 g/mol. The Balaban J connectivity index is 1.95. The minimum atomic E-state index is -0.162. The molecule has 0 amide bonds. The van der Waals surface area contributed by atoms with Gasteiger partial charge in [0.1, 0.15) is 0 Å². The molecule has 0 aliphatic heterocycles. The van der Waals surface area contributed by atoms with Gasteiger partial charge in [0.05, 0.1) is 13.0 Å². The van der Waals surface area contributed by atoms with E-state index in [2.05, 4.69) is 53.2 Å². The number of hydrogen-bond acceptors (Lipinski definition) is 2. The maximum atomic E-state index is 11.7. The van der Waals surface area contributed by atoms with E-state index in [0.717, 1.165) is 6.54 Å². The fraction of sp³-hybridized carbons (Fsp3) is 0.250. The van der Waals surface area contributed by atoms with E-state index in [1.807, 2.05) is 19.1 Å². The van der Waals surface area contributed by atoms with Crippen molar-refractivity contribution in [3.63, 3.8) is 0 Å². The van der Waals surface area contributed by atoms with Crippen molar-refractivity contribution in [2.45, 2.75) is 19.9 Å². The number of carbonyl (C=O) groups is 1. The van der Waals surface area contributed by atoms with Gasteiger partial charge < -0.3 is 9.30 Å². The Hall–Kier alpha value is -2.55. The van der Waals surface area contributed by atoms with Crippen molar-refractivity contribution in [3.05, 3.63) is 71.9 Å². The average Bonchev–Trinajstić information content (AvgIpc) is 2.93. The minimum absolute atomic E-state index is 0.143. The predicted molar refractivity (Wildman–Crippen MR) is 92.4 cm³/mol. The second-order valence-corrected chi connectivity index (χ2v) is 5.91. The van der Waals surface area contributed by atoms with Gasteiger partial charge in [-0.15, -0.1) is 0 Å². The number of aromatic nitrogens is 1. The molecule has 0 radical (unpaired) electrons. The number of methoxy groups -OCH3 is 1. The third-order valence-corrected chi connectivity index (χ3v) is 4.20. The molecule has 0 aliphatic rings. The van der Waals surface area contributed by atoms with E-state index in [1.54, 1.807) is 0 Å². The molecule has 23 heavy (non-hydrogen) atoms. The van der Waals surface area contributed by atoms with Gasteiger partial charge >= 0.3 is 5.97 Å². The van der Waals surface area contributed by atoms with E-state index in [1.165, 1.54) is 29.1 Å². The van der Waals surface area contributed by atoms with E-state index < -0.39 is 0 Å². The van der Waals surface area contributed by atoms with Crippen molar-refractivity contribution in [1.29, 1.82) is 0 Å². The zero-order chi connectivity index (χ0) is 16.2. The minimum Gasteiger partial charge on any atom is -0.469 e. The maximum Gasteiger partial charge on any atom is 0.308 e. The van der Waals surface area contributed by atoms with Crippen molar-refractivity contribution in [3.8, 4) is 0 Å². The van der Waals surface area contributed by atoms with Crippen LogP contribution in [0.4, 0.5) is 0 Å². The quantitative estimate of drug-likeness (QED) is 0.666. The van der Waals surface area contributed by atoms with Gasteiger partial charge in [-0.1, -0.05) is 55.5 Å². The lowest BCUT2D eigenvalue weighted by molar-refractivity contribution is -0.144. The predicted octanol–water partition coefficient (Wildman–Crippen LogP) is 4.04. The van der Waals surface area contributed by atoms with Crippen LogP contribution in [0.15, 0.2) is 60.8 Å². The van der Waals surface area contributed by atoms with Crippen LogP contribution >= 0.6 is 0 Å². The fourth-order valence-electron chi connectivity index (χ4n) is 3.01. The van der Waals surface area contributed by atoms with Gasteiger partial charge in [-0.3, -0.25) is 4.79 Å². The number of para-hydroxylation sites is 1. The van der Waals surface area contributed by atoms with Crippen molar-refractivity contribution in [2.24, 2.45) is 5.92 Å². The van der Waals surface area contributed by atoms with E-state index in [-0.39, 0.29) is 11.9 Å². The molecule has 0 spiro atoms. The van der Waals surface area contributed by atoms with Crippen LogP contribution in [0.1, 0.15) is 18.1 Å². The molecule has 1 heterocycles. The molecule has 3 rings (SSSR count). The van der Waals surface area contributed by atoms with E-state index >= 15 is 0 Å². The van der Waals surface area contributed by atoms with Crippen LogP contribution in [0.2, 0.25) is 0 Å². The van der Waals surface area contributed by atoms with Crippen LogP contribution in [0.3, 0.4) is 0 Å². The summed E-state index contributed by atoms with van der Waals surface area (Å²) in [4.78, 5) is 11.7. The standard InChI is InChI=1S/C20H21NO2/c1-15(20(22)23-2)12-17-14-21(13-16-8-4-3-5-9-16)19-11-7-6-10-18(17)19/h3-11,14-15H,12-13H2,1-2H3. The number of benzene rings is 2. The summed E-state index contributed by atoms with van der Waals surface area (Å²) in [5.74, 6) is -0.305. The summed E-state index contributed by atoms with van der Waals surface area (Å²) in [6, 6.07) is 18.7. The smallest absolute Gasteiger partial charge is 0.308 e. The van der Waals surface area contributed by atoms with Crippen LogP contribution < -0.4 is 0 Å². The second kappa shape index (κ2) is 6.69. The summed E-state index contributed by atoms with van der Waals surface area (Å²) in [7, 11) is 1.44. The number of hydrogen-bond donors (Lipinski definition) is 0. The molecule has 3 aromatic rings. The van der Waals surface area contributed by atoms with Gasteiger partial charge in [0, 0.05) is 23.6 Å². The normalized spacial score (nSPS) is 12.3. The maximum absolute atomic E-state index is 11.7. The first-order valence-corrected chi connectivity index (χ1v) is 7.87. The van der Waals surface area contributed by atoms with Gasteiger partial charge in [0.15, 0.2) is 0 Å². The molecule has 0 saturated carbocycles. The lowest BCUT2D eigenvalue weighted by atomic mass is 10.0. The molecule has 3 heteroatoms. The first kappa shape index (κ1) is 15.3. The highest BCUT2D eigenvalue weighted by Gasteiger charge is 2.17. The molecular formula is C20H21NO2. The molecular weight excluding hydrogens is 286 g/mol. The summed E-state index contributed by atoms with van der Waals surface area (Å²) in [5.41, 5.74) is 3.65. The summed E-state index contributed by atoms with van der Waals surface area (Å²) in [6.45, 7) is 2.74. The zero-order valence-electron chi connectivity index (χ0n) is 13.5. The van der Waals surface area contributed by atoms with Crippen LogP contribution in [-0.2, 0) is 22.5 Å². The van der Waals surface area contributed by atoms with Crippen LogP contribution in [-0.4, -0.2) is 17.6 Å². The molecule has 0 N–H and O–H groups in total. The molecule has 0 fully saturated rings. The fourth-order valence-corrected chi connectivity index (χ4v) is 3.01. The number of nitrogens with zero attached hydrogens (tertiary/aromatic N) is 1. The second-order valence-electron chi connectivity index (χ2n) is 5.91. The largest absolute Gasteiger partial charge is 0.469 e. The number of rotatable bonds is 5. The van der Waals surface area contributed by atoms with E-state index in [9.17, 15) is 4.79 Å². The lowest BCUT2D eigenvalue weighted by Gasteiger charge is -2.07. The van der Waals surface area contributed by atoms with Crippen LogP contribution in [0.5, 0.6) is 0 Å². The Morgan fingerprint density at radius 3 is 2.52 bits per heavy atom. The van der Waals surface area contributed by atoms with Gasteiger partial charge in [-0.25, -0.2) is 0 Å². The lowest BCUT2D eigenvalue weighted by Crippen LogP contribution is -2.14. The number of fused-ring (bicyclic) bond motifs is 1. The Kier molecular flexibility index (Phi) is 4.47. The molecule has 1 atom stereocenters. The first-order valence-electron chi connectivity index (χ1n) is 7.87. The molecule has 3 nitrogen and oxygen atoms in total. The van der Waals surface area contributed by atoms with Gasteiger partial charge in [-0.2, -0.15) is 0 Å². The SMILES string of the molecule is COC(=O)C(C)Cc1cn(Cc2ccccc2)c2ccccc12. The third-order valence-electron chi connectivity index (χ3n) is 4.20. The average molecular weight is 307 g/mol. The highest BCUT2D eigenvalue weighted by Crippen LogP contribution is 2.25. The first-order chi connectivity index (χ1) is 11.2. The van der Waals surface area contributed by atoms with Gasteiger partial charge in [0.2, 0.25) is 0 Å². The summed E-state index contributed by atoms with van der Waals surface area (Å²) < 4.78 is 7.11. The number of ether oxygens (including phenoxy) is 1. The summed E-state index contributed by atoms with van der Waals surface area (Å²) in [6.07, 6.45) is 2.85. The zero-order valence-corrected chi connectivity index (χ0v) is 13.5. The van der Waals surface area contributed by atoms with Crippen molar-refractivity contribution in [1.82, 2.24) is 4.57 Å². The van der Waals surface area contributed by atoms with Crippen molar-refractivity contribution in [2.75, 3.05) is 7.11 Å². The van der Waals surface area contributed by atoms with Crippen molar-refractivity contribution >= 4 is 16.9 Å². The molecule has 1 unspecified atom stereocenters. The number of carbonyl (C=O) groups excluding carboxylic acids is 1. The summed E-state index contributed by atoms with van der Waals surface area (Å²) >= 11 is 0. The van der Waals surface area contributed by atoms with Crippen LogP contribution in [0, 0.1) is 5.92 Å². The summed E-state index contributed by atoms with van der Waals surface area (Å²) in [5, 5.41) is 1.21. The Bertz CT molecular complexity index is 805. The highest BCUT2D eigenvalue weighted by atomic mass is 16.5. The van der Waals surface area contributed by atoms with Gasteiger partial charge in [-0.05, 0) is 23.6 Å². The van der Waals surface area contributed by atoms with Crippen LogP contribution in [0.25, 0.3) is 10.9 Å². The van der Waals surface area contributed by atoms with Crippen molar-refractivity contribution < 1.29 is 9.53 Å². The topological polar surface area (TPSA) is 31.2 Å². The van der Waals surface area contributed by atoms with E-state index in [4.69, 9.17) is 4.74 Å². The third kappa shape index (κ3) is 3.29. The molecule has 2 aromatic carbocycles. The number of esters is 1. The molecule has 0 aliphatic carbocycles. The molecule has 118 valence electrons. The Labute approximate surface area is 136 Å². The molecule has 1 aromatic heterocycles. The van der Waals surface area contributed by atoms with Gasteiger partial charge in [0.25, 0.3) is 0 Å². The Morgan fingerprint density at radius 1 is 1.09 bits per heavy atom. The molecule has 0 bridgehead atoms. The molecule has 0 saturated heterocycles.